The average molecular weight is 270 g/mol. The van der Waals surface area contributed by atoms with Gasteiger partial charge in [0.25, 0.3) is 0 Å². The first-order chi connectivity index (χ1) is 9.74. The van der Waals surface area contributed by atoms with E-state index in [0.29, 0.717) is 12.2 Å². The van der Waals surface area contributed by atoms with Crippen molar-refractivity contribution in [3.8, 4) is 0 Å². The van der Waals surface area contributed by atoms with Crippen LogP contribution in [0.3, 0.4) is 0 Å². The number of hydrogen-bond donors (Lipinski definition) is 2. The second kappa shape index (κ2) is 5.36. The van der Waals surface area contributed by atoms with Crippen molar-refractivity contribution in [2.75, 3.05) is 30.7 Å². The number of amides is 1. The molecule has 0 spiro atoms. The first-order valence-electron chi connectivity index (χ1n) is 6.90. The van der Waals surface area contributed by atoms with Crippen LogP contribution >= 0.6 is 0 Å². The molecule has 1 aliphatic rings. The number of likely N-dealkylation sites (tertiary alicyclic amines) is 1. The number of carbonyl (C=O) groups is 1. The fourth-order valence-corrected chi connectivity index (χ4v) is 2.57. The summed E-state index contributed by atoms with van der Waals surface area (Å²) < 4.78 is 0. The highest BCUT2D eigenvalue weighted by molar-refractivity contribution is 5.94. The number of pyridine rings is 1. The summed E-state index contributed by atoms with van der Waals surface area (Å²) in [6.07, 6.45) is 3.96. The third-order valence-corrected chi connectivity index (χ3v) is 3.66. The highest BCUT2D eigenvalue weighted by Gasteiger charge is 2.17. The summed E-state index contributed by atoms with van der Waals surface area (Å²) >= 11 is 0. The van der Waals surface area contributed by atoms with Gasteiger partial charge in [0.1, 0.15) is 0 Å². The maximum atomic E-state index is 12.0. The molecule has 1 aromatic carbocycles. The lowest BCUT2D eigenvalue weighted by atomic mass is 10.1. The first-order valence-corrected chi connectivity index (χ1v) is 6.90. The monoisotopic (exact) mass is 270 g/mol. The van der Waals surface area contributed by atoms with E-state index in [-0.39, 0.29) is 5.91 Å². The van der Waals surface area contributed by atoms with Crippen LogP contribution in [0, 0.1) is 0 Å². The van der Waals surface area contributed by atoms with Crippen molar-refractivity contribution in [1.82, 2.24) is 9.88 Å². The van der Waals surface area contributed by atoms with Crippen molar-refractivity contribution in [2.24, 2.45) is 0 Å². The lowest BCUT2D eigenvalue weighted by Crippen LogP contribution is -2.33. The molecule has 20 heavy (non-hydrogen) atoms. The van der Waals surface area contributed by atoms with E-state index in [0.717, 1.165) is 42.5 Å². The summed E-state index contributed by atoms with van der Waals surface area (Å²) in [5.74, 6) is 0.155. The molecular weight excluding hydrogens is 252 g/mol. The van der Waals surface area contributed by atoms with Crippen LogP contribution in [0.2, 0.25) is 0 Å². The molecule has 5 heteroatoms. The van der Waals surface area contributed by atoms with Gasteiger partial charge in [0.15, 0.2) is 0 Å². The van der Waals surface area contributed by atoms with Crippen LogP contribution in [0.5, 0.6) is 0 Å². The molecule has 1 aromatic heterocycles. The van der Waals surface area contributed by atoms with Gasteiger partial charge in [-0.05, 0) is 37.1 Å². The lowest BCUT2D eigenvalue weighted by Gasteiger charge is -2.16. The number of hydrogen-bond acceptors (Lipinski definition) is 4. The number of nitrogens with zero attached hydrogens (tertiary/aromatic N) is 2. The van der Waals surface area contributed by atoms with Crippen LogP contribution in [0.15, 0.2) is 30.5 Å². The summed E-state index contributed by atoms with van der Waals surface area (Å²) in [4.78, 5) is 18.2. The Morgan fingerprint density at radius 1 is 1.30 bits per heavy atom. The van der Waals surface area contributed by atoms with E-state index in [2.05, 4.69) is 10.3 Å². The highest BCUT2D eigenvalue weighted by Crippen LogP contribution is 2.23. The summed E-state index contributed by atoms with van der Waals surface area (Å²) in [5.41, 5.74) is 8.20. The van der Waals surface area contributed by atoms with Crippen LogP contribution in [0.1, 0.15) is 12.8 Å². The van der Waals surface area contributed by atoms with Gasteiger partial charge in [-0.3, -0.25) is 9.78 Å². The van der Waals surface area contributed by atoms with Crippen molar-refractivity contribution < 1.29 is 4.79 Å². The number of rotatable bonds is 3. The minimum absolute atomic E-state index is 0.155. The molecule has 1 amide bonds. The van der Waals surface area contributed by atoms with Crippen molar-refractivity contribution >= 4 is 28.2 Å². The average Bonchev–Trinajstić information content (AvgIpc) is 2.98. The Hall–Kier alpha value is -2.30. The van der Waals surface area contributed by atoms with Crippen molar-refractivity contribution in [2.45, 2.75) is 12.8 Å². The zero-order valence-electron chi connectivity index (χ0n) is 11.3. The zero-order valence-corrected chi connectivity index (χ0v) is 11.3. The van der Waals surface area contributed by atoms with E-state index in [1.807, 2.05) is 29.2 Å². The summed E-state index contributed by atoms with van der Waals surface area (Å²) in [6.45, 7) is 2.09. The van der Waals surface area contributed by atoms with E-state index >= 15 is 0 Å². The number of nitrogens with one attached hydrogen (secondary N) is 1. The van der Waals surface area contributed by atoms with Crippen molar-refractivity contribution in [1.29, 1.82) is 0 Å². The van der Waals surface area contributed by atoms with E-state index in [1.165, 1.54) is 0 Å². The highest BCUT2D eigenvalue weighted by atomic mass is 16.2. The number of carbonyl (C=O) groups excluding carboxylic acids is 1. The molecule has 0 radical (unpaired) electrons. The van der Waals surface area contributed by atoms with Crippen LogP contribution < -0.4 is 11.1 Å². The third-order valence-electron chi connectivity index (χ3n) is 3.66. The number of aromatic nitrogens is 1. The van der Waals surface area contributed by atoms with Gasteiger partial charge in [0.2, 0.25) is 5.91 Å². The Balaban J connectivity index is 1.75. The maximum Gasteiger partial charge on any atom is 0.241 e. The SMILES string of the molecule is Nc1ccc2c(NCC(=O)N3CCCC3)ccnc2c1. The standard InChI is InChI=1S/C15H18N4O/c16-11-3-4-12-13(5-6-17-14(12)9-11)18-10-15(20)19-7-1-2-8-19/h3-6,9H,1-2,7-8,10,16H2,(H,17,18). The Bertz CT molecular complexity index is 635. The van der Waals surface area contributed by atoms with Crippen molar-refractivity contribution in [3.63, 3.8) is 0 Å². The van der Waals surface area contributed by atoms with Gasteiger partial charge in [-0.2, -0.15) is 0 Å². The molecule has 1 fully saturated rings. The van der Waals surface area contributed by atoms with Crippen LogP contribution in [0.25, 0.3) is 10.9 Å². The molecule has 5 nitrogen and oxygen atoms in total. The third kappa shape index (κ3) is 2.52. The molecule has 0 saturated carbocycles. The topological polar surface area (TPSA) is 71.2 Å². The van der Waals surface area contributed by atoms with E-state index in [1.54, 1.807) is 6.20 Å². The van der Waals surface area contributed by atoms with Gasteiger partial charge in [-0.25, -0.2) is 0 Å². The molecule has 3 N–H and O–H groups in total. The number of nitrogen functional groups attached to an aromatic ring is 1. The Morgan fingerprint density at radius 2 is 2.10 bits per heavy atom. The first kappa shape index (κ1) is 12.7. The summed E-state index contributed by atoms with van der Waals surface area (Å²) in [7, 11) is 0. The largest absolute Gasteiger partial charge is 0.399 e. The quantitative estimate of drug-likeness (QED) is 0.835. The number of fused-ring (bicyclic) bond motifs is 1. The lowest BCUT2D eigenvalue weighted by molar-refractivity contribution is -0.128. The Kier molecular flexibility index (Phi) is 3.41. The smallest absolute Gasteiger partial charge is 0.241 e. The van der Waals surface area contributed by atoms with Crippen LogP contribution in [-0.4, -0.2) is 35.4 Å². The van der Waals surface area contributed by atoms with Crippen LogP contribution in [-0.2, 0) is 4.79 Å². The van der Waals surface area contributed by atoms with E-state index in [9.17, 15) is 4.79 Å². The zero-order chi connectivity index (χ0) is 13.9. The molecule has 0 unspecified atom stereocenters. The van der Waals surface area contributed by atoms with Gasteiger partial charge >= 0.3 is 0 Å². The molecular formula is C15H18N4O. The predicted octanol–water partition coefficient (Wildman–Crippen LogP) is 1.85. The molecule has 2 heterocycles. The van der Waals surface area contributed by atoms with Gasteiger partial charge in [-0.1, -0.05) is 0 Å². The van der Waals surface area contributed by atoms with E-state index in [4.69, 9.17) is 5.73 Å². The van der Waals surface area contributed by atoms with E-state index < -0.39 is 0 Å². The molecule has 1 aliphatic heterocycles. The fraction of sp³-hybridized carbons (Fsp3) is 0.333. The fourth-order valence-electron chi connectivity index (χ4n) is 2.57. The molecule has 104 valence electrons. The summed E-state index contributed by atoms with van der Waals surface area (Å²) in [6, 6.07) is 7.50. The van der Waals surface area contributed by atoms with Gasteiger partial charge in [0.05, 0.1) is 12.1 Å². The second-order valence-corrected chi connectivity index (χ2v) is 5.08. The van der Waals surface area contributed by atoms with Gasteiger partial charge < -0.3 is 16.0 Å². The number of anilines is 2. The maximum absolute atomic E-state index is 12.0. The minimum atomic E-state index is 0.155. The molecule has 1 saturated heterocycles. The second-order valence-electron chi connectivity index (χ2n) is 5.08. The number of nitrogens with two attached hydrogens (primary N) is 1. The van der Waals surface area contributed by atoms with Crippen molar-refractivity contribution in [3.05, 3.63) is 30.5 Å². The Labute approximate surface area is 117 Å². The molecule has 0 aliphatic carbocycles. The molecule has 3 rings (SSSR count). The number of benzene rings is 1. The van der Waals surface area contributed by atoms with Crippen LogP contribution in [0.4, 0.5) is 11.4 Å². The normalized spacial score (nSPS) is 14.7. The molecule has 2 aromatic rings. The molecule has 0 bridgehead atoms. The van der Waals surface area contributed by atoms with Gasteiger partial charge in [0, 0.05) is 36.0 Å². The predicted molar refractivity (Wildman–Crippen MR) is 80.5 cm³/mol. The summed E-state index contributed by atoms with van der Waals surface area (Å²) in [5, 5.41) is 4.19. The minimum Gasteiger partial charge on any atom is -0.399 e. The van der Waals surface area contributed by atoms with Gasteiger partial charge in [-0.15, -0.1) is 0 Å². The molecule has 0 atom stereocenters. The Morgan fingerprint density at radius 3 is 2.90 bits per heavy atom.